The smallest absolute Gasteiger partial charge is 0.264 e. The third-order valence-corrected chi connectivity index (χ3v) is 8.51. The van der Waals surface area contributed by atoms with Crippen molar-refractivity contribution < 1.29 is 22.7 Å². The van der Waals surface area contributed by atoms with Gasteiger partial charge in [0.2, 0.25) is 11.8 Å². The molecule has 1 atom stereocenters. The molecule has 8 nitrogen and oxygen atoms in total. The molecule has 3 aromatic rings. The van der Waals surface area contributed by atoms with Crippen LogP contribution >= 0.6 is 23.2 Å². The summed E-state index contributed by atoms with van der Waals surface area (Å²) in [6.07, 6.45) is 0.299. The molecule has 0 bridgehead atoms. The fourth-order valence-electron chi connectivity index (χ4n) is 4.21. The van der Waals surface area contributed by atoms with Crippen LogP contribution < -0.4 is 14.4 Å². The van der Waals surface area contributed by atoms with E-state index < -0.39 is 34.1 Å². The number of amides is 2. The summed E-state index contributed by atoms with van der Waals surface area (Å²) < 4.78 is 34.0. The van der Waals surface area contributed by atoms with Crippen molar-refractivity contribution in [1.82, 2.24) is 10.2 Å². The van der Waals surface area contributed by atoms with Crippen LogP contribution in [0.1, 0.15) is 39.7 Å². The van der Waals surface area contributed by atoms with Crippen LogP contribution in [-0.2, 0) is 26.2 Å². The van der Waals surface area contributed by atoms with Gasteiger partial charge in [-0.2, -0.15) is 0 Å². The summed E-state index contributed by atoms with van der Waals surface area (Å²) >= 11 is 12.7. The van der Waals surface area contributed by atoms with Crippen molar-refractivity contribution >= 4 is 50.7 Å². The average molecular weight is 621 g/mol. The molecule has 0 aliphatic rings. The number of rotatable bonds is 11. The van der Waals surface area contributed by atoms with Crippen LogP contribution in [0.15, 0.2) is 77.7 Å². The molecule has 0 aromatic heterocycles. The number of hydrogen-bond donors (Lipinski definition) is 1. The number of methoxy groups -OCH3 is 1. The van der Waals surface area contributed by atoms with Crippen LogP contribution in [0.3, 0.4) is 0 Å². The number of carbonyl (C=O) groups excluding carboxylic acids is 2. The number of benzene rings is 3. The molecule has 0 heterocycles. The standard InChI is InChI=1S/C30H35Cl2N3O5S/c1-6-26(29(37)33-30(2,3)4)34(19-21-12-15-23(40-5)16-13-21)28(36)20-35(27-18-22(31)14-17-25(27)32)41(38,39)24-10-8-7-9-11-24/h7-18,26H,6,19-20H2,1-5H3,(H,33,37)/t26-/m1/s1. The topological polar surface area (TPSA) is 96.0 Å². The molecular weight excluding hydrogens is 585 g/mol. The van der Waals surface area contributed by atoms with Gasteiger partial charge < -0.3 is 15.0 Å². The maximum atomic E-state index is 14.1. The first-order valence-corrected chi connectivity index (χ1v) is 15.2. The molecule has 0 saturated heterocycles. The van der Waals surface area contributed by atoms with E-state index in [9.17, 15) is 18.0 Å². The highest BCUT2D eigenvalue weighted by atomic mass is 35.5. The van der Waals surface area contributed by atoms with Crippen LogP contribution in [0.4, 0.5) is 5.69 Å². The van der Waals surface area contributed by atoms with Gasteiger partial charge in [-0.1, -0.05) is 60.5 Å². The molecule has 11 heteroatoms. The number of carbonyl (C=O) groups is 2. The van der Waals surface area contributed by atoms with Gasteiger partial charge in [0.05, 0.1) is 22.7 Å². The second-order valence-electron chi connectivity index (χ2n) is 10.5. The van der Waals surface area contributed by atoms with E-state index >= 15 is 0 Å². The van der Waals surface area contributed by atoms with E-state index in [0.717, 1.165) is 9.87 Å². The van der Waals surface area contributed by atoms with Crippen LogP contribution in [0.25, 0.3) is 0 Å². The third-order valence-electron chi connectivity index (χ3n) is 6.18. The molecule has 1 N–H and O–H groups in total. The Balaban J connectivity index is 2.10. The Morgan fingerprint density at radius 2 is 1.61 bits per heavy atom. The lowest BCUT2D eigenvalue weighted by Crippen LogP contribution is -2.55. The first-order chi connectivity index (χ1) is 19.3. The summed E-state index contributed by atoms with van der Waals surface area (Å²) in [5, 5.41) is 3.29. The normalized spacial score (nSPS) is 12.4. The largest absolute Gasteiger partial charge is 0.497 e. The minimum Gasteiger partial charge on any atom is -0.497 e. The van der Waals surface area contributed by atoms with E-state index in [1.165, 1.54) is 35.2 Å². The Kier molecular flexibility index (Phi) is 10.7. The zero-order chi connectivity index (χ0) is 30.4. The van der Waals surface area contributed by atoms with E-state index in [-0.39, 0.29) is 33.1 Å². The Morgan fingerprint density at radius 3 is 2.17 bits per heavy atom. The molecule has 0 unspecified atom stereocenters. The zero-order valence-corrected chi connectivity index (χ0v) is 26.1. The Bertz CT molecular complexity index is 1460. The summed E-state index contributed by atoms with van der Waals surface area (Å²) in [5.74, 6) is -0.299. The SMILES string of the molecule is CC[C@H](C(=O)NC(C)(C)C)N(Cc1ccc(OC)cc1)C(=O)CN(c1cc(Cl)ccc1Cl)S(=O)(=O)c1ccccc1. The highest BCUT2D eigenvalue weighted by molar-refractivity contribution is 7.92. The number of nitrogens with zero attached hydrogens (tertiary/aromatic N) is 2. The fourth-order valence-corrected chi connectivity index (χ4v) is 6.09. The average Bonchev–Trinajstić information content (AvgIpc) is 2.92. The van der Waals surface area contributed by atoms with Gasteiger partial charge in [0.1, 0.15) is 18.3 Å². The second-order valence-corrected chi connectivity index (χ2v) is 13.2. The van der Waals surface area contributed by atoms with Gasteiger partial charge in [0, 0.05) is 17.1 Å². The molecule has 0 fully saturated rings. The Morgan fingerprint density at radius 1 is 0.976 bits per heavy atom. The number of hydrogen-bond acceptors (Lipinski definition) is 5. The fraction of sp³-hybridized carbons (Fsp3) is 0.333. The van der Waals surface area contributed by atoms with E-state index in [1.54, 1.807) is 56.5 Å². The number of halogens is 2. The van der Waals surface area contributed by atoms with E-state index in [1.807, 2.05) is 20.8 Å². The van der Waals surface area contributed by atoms with Crippen LogP contribution in [0, 0.1) is 0 Å². The number of nitrogens with one attached hydrogen (secondary N) is 1. The van der Waals surface area contributed by atoms with Crippen molar-refractivity contribution in [3.05, 3.63) is 88.4 Å². The molecule has 0 aliphatic heterocycles. The maximum Gasteiger partial charge on any atom is 0.264 e. The first-order valence-electron chi connectivity index (χ1n) is 13.0. The molecule has 0 aliphatic carbocycles. The van der Waals surface area contributed by atoms with Crippen molar-refractivity contribution in [2.75, 3.05) is 18.0 Å². The van der Waals surface area contributed by atoms with Gasteiger partial charge in [-0.05, 0) is 75.2 Å². The van der Waals surface area contributed by atoms with Crippen molar-refractivity contribution in [3.8, 4) is 5.75 Å². The highest BCUT2D eigenvalue weighted by Crippen LogP contribution is 2.33. The molecule has 0 spiro atoms. The molecule has 0 radical (unpaired) electrons. The lowest BCUT2D eigenvalue weighted by molar-refractivity contribution is -0.141. The van der Waals surface area contributed by atoms with Crippen molar-refractivity contribution in [3.63, 3.8) is 0 Å². The molecule has 0 saturated carbocycles. The summed E-state index contributed by atoms with van der Waals surface area (Å²) in [4.78, 5) is 28.9. The molecule has 220 valence electrons. The monoisotopic (exact) mass is 619 g/mol. The number of ether oxygens (including phenoxy) is 1. The van der Waals surface area contributed by atoms with Gasteiger partial charge >= 0.3 is 0 Å². The molecule has 2 amide bonds. The predicted octanol–water partition coefficient (Wildman–Crippen LogP) is 5.92. The summed E-state index contributed by atoms with van der Waals surface area (Å²) in [7, 11) is -2.71. The number of anilines is 1. The zero-order valence-electron chi connectivity index (χ0n) is 23.7. The molecule has 3 aromatic carbocycles. The van der Waals surface area contributed by atoms with Gasteiger partial charge in [-0.3, -0.25) is 13.9 Å². The Labute approximate surface area is 252 Å². The van der Waals surface area contributed by atoms with Gasteiger partial charge in [-0.25, -0.2) is 8.42 Å². The van der Waals surface area contributed by atoms with Gasteiger partial charge in [0.15, 0.2) is 0 Å². The van der Waals surface area contributed by atoms with Crippen LogP contribution in [-0.4, -0.2) is 50.4 Å². The van der Waals surface area contributed by atoms with Crippen molar-refractivity contribution in [2.45, 2.75) is 57.1 Å². The van der Waals surface area contributed by atoms with Crippen LogP contribution in [0.5, 0.6) is 5.75 Å². The minimum atomic E-state index is -4.26. The predicted molar refractivity (Wildman–Crippen MR) is 163 cm³/mol. The van der Waals surface area contributed by atoms with Crippen molar-refractivity contribution in [2.24, 2.45) is 0 Å². The molecular formula is C30H35Cl2N3O5S. The highest BCUT2D eigenvalue weighted by Gasteiger charge is 2.35. The quantitative estimate of drug-likeness (QED) is 0.287. The van der Waals surface area contributed by atoms with E-state index in [4.69, 9.17) is 27.9 Å². The molecule has 41 heavy (non-hydrogen) atoms. The van der Waals surface area contributed by atoms with E-state index in [0.29, 0.717) is 12.2 Å². The van der Waals surface area contributed by atoms with Crippen molar-refractivity contribution in [1.29, 1.82) is 0 Å². The molecule has 3 rings (SSSR count). The van der Waals surface area contributed by atoms with Crippen LogP contribution in [0.2, 0.25) is 10.0 Å². The van der Waals surface area contributed by atoms with E-state index in [2.05, 4.69) is 5.32 Å². The second kappa shape index (κ2) is 13.6. The maximum absolute atomic E-state index is 14.1. The number of sulfonamides is 1. The summed E-state index contributed by atoms with van der Waals surface area (Å²) in [6.45, 7) is 6.79. The lowest BCUT2D eigenvalue weighted by Gasteiger charge is -2.35. The lowest BCUT2D eigenvalue weighted by atomic mass is 10.1. The van der Waals surface area contributed by atoms with Gasteiger partial charge in [-0.15, -0.1) is 0 Å². The minimum absolute atomic E-state index is 0.0249. The Hall–Kier alpha value is -3.27. The summed E-state index contributed by atoms with van der Waals surface area (Å²) in [5.41, 5.74) is 0.239. The first kappa shape index (κ1) is 32.2. The summed E-state index contributed by atoms with van der Waals surface area (Å²) in [6, 6.07) is 18.4. The van der Waals surface area contributed by atoms with Gasteiger partial charge in [0.25, 0.3) is 10.0 Å². The third kappa shape index (κ3) is 8.38.